The molecule has 6 nitrogen and oxygen atoms in total. The normalized spacial score (nSPS) is 14.1. The lowest BCUT2D eigenvalue weighted by Gasteiger charge is -2.11. The van der Waals surface area contributed by atoms with Crippen molar-refractivity contribution in [3.8, 4) is 11.5 Å². The largest absolute Gasteiger partial charge is 0.490 e. The molecule has 0 aliphatic carbocycles. The van der Waals surface area contributed by atoms with Gasteiger partial charge in [0.1, 0.15) is 4.88 Å². The van der Waals surface area contributed by atoms with Crippen LogP contribution in [-0.4, -0.2) is 24.4 Å². The van der Waals surface area contributed by atoms with E-state index in [2.05, 4.69) is 4.99 Å². The van der Waals surface area contributed by atoms with Gasteiger partial charge in [0.25, 0.3) is 0 Å². The monoisotopic (exact) mass is 537 g/mol. The van der Waals surface area contributed by atoms with Crippen LogP contribution in [0.25, 0.3) is 16.2 Å². The Bertz CT molecular complexity index is 1560. The second-order valence-corrected chi connectivity index (χ2v) is 9.48. The van der Waals surface area contributed by atoms with Crippen LogP contribution in [-0.2, 0) is 9.53 Å². The van der Waals surface area contributed by atoms with Crippen molar-refractivity contribution in [3.05, 3.63) is 98.5 Å². The number of nitrogens with zero attached hydrogens (tertiary/aromatic N) is 1. The van der Waals surface area contributed by atoms with E-state index in [0.717, 1.165) is 10.1 Å². The molecule has 0 saturated carbocycles. The number of hydrogen-bond acceptors (Lipinski definition) is 7. The minimum absolute atomic E-state index is 0.129. The second kappa shape index (κ2) is 10.1. The molecule has 5 rings (SSSR count). The maximum absolute atomic E-state index is 12.9. The Kier molecular flexibility index (Phi) is 6.78. The highest BCUT2D eigenvalue weighted by atomic mass is 35.5. The van der Waals surface area contributed by atoms with Crippen LogP contribution >= 0.6 is 34.5 Å². The summed E-state index contributed by atoms with van der Waals surface area (Å²) >= 11 is 13.6. The van der Waals surface area contributed by atoms with Gasteiger partial charge in [0.2, 0.25) is 5.90 Å². The van der Waals surface area contributed by atoms with Gasteiger partial charge in [0.05, 0.1) is 11.6 Å². The number of fused-ring (bicyclic) bond motifs is 1. The maximum Gasteiger partial charge on any atom is 0.363 e. The average molecular weight is 538 g/mol. The van der Waals surface area contributed by atoms with E-state index < -0.39 is 11.9 Å². The van der Waals surface area contributed by atoms with Gasteiger partial charge in [-0.3, -0.25) is 0 Å². The Morgan fingerprint density at radius 1 is 1.06 bits per heavy atom. The molecule has 2 heterocycles. The van der Waals surface area contributed by atoms with Crippen molar-refractivity contribution in [3.63, 3.8) is 0 Å². The smallest absolute Gasteiger partial charge is 0.363 e. The molecule has 1 aliphatic rings. The summed E-state index contributed by atoms with van der Waals surface area (Å²) in [5.74, 6) is -0.390. The first-order valence-corrected chi connectivity index (χ1v) is 12.4. The molecule has 0 radical (unpaired) electrons. The molecule has 3 aromatic carbocycles. The Morgan fingerprint density at radius 2 is 1.83 bits per heavy atom. The van der Waals surface area contributed by atoms with Crippen LogP contribution in [0.4, 0.5) is 0 Å². The highest BCUT2D eigenvalue weighted by molar-refractivity contribution is 7.21. The van der Waals surface area contributed by atoms with Gasteiger partial charge in [-0.25, -0.2) is 14.6 Å². The van der Waals surface area contributed by atoms with Gasteiger partial charge >= 0.3 is 11.9 Å². The number of carbonyl (C=O) groups excluding carboxylic acids is 2. The van der Waals surface area contributed by atoms with Gasteiger partial charge < -0.3 is 14.2 Å². The zero-order valence-corrected chi connectivity index (χ0v) is 21.1. The summed E-state index contributed by atoms with van der Waals surface area (Å²) in [5, 5.41) is 1.72. The lowest BCUT2D eigenvalue weighted by Crippen LogP contribution is -2.08. The zero-order valence-electron chi connectivity index (χ0n) is 18.8. The van der Waals surface area contributed by atoms with E-state index in [1.54, 1.807) is 48.5 Å². The molecule has 0 bridgehead atoms. The fourth-order valence-electron chi connectivity index (χ4n) is 3.54. The number of esters is 2. The molecule has 0 N–H and O–H groups in total. The number of rotatable bonds is 6. The van der Waals surface area contributed by atoms with Crippen molar-refractivity contribution in [2.75, 3.05) is 6.61 Å². The third-order valence-corrected chi connectivity index (χ3v) is 7.11. The molecule has 1 aliphatic heterocycles. The number of halogens is 2. The number of thiophene rings is 1. The van der Waals surface area contributed by atoms with E-state index in [1.807, 2.05) is 31.2 Å². The van der Waals surface area contributed by atoms with E-state index >= 15 is 0 Å². The van der Waals surface area contributed by atoms with Crippen LogP contribution in [0, 0.1) is 0 Å². The fourth-order valence-corrected chi connectivity index (χ4v) is 5.05. The first kappa shape index (κ1) is 24.1. The van der Waals surface area contributed by atoms with Gasteiger partial charge in [-0.2, -0.15) is 0 Å². The lowest BCUT2D eigenvalue weighted by molar-refractivity contribution is -0.129. The summed E-state index contributed by atoms with van der Waals surface area (Å²) in [6.07, 6.45) is 1.57. The number of cyclic esters (lactones) is 1. The summed E-state index contributed by atoms with van der Waals surface area (Å²) in [7, 11) is 0. The number of carbonyl (C=O) groups is 2. The Morgan fingerprint density at radius 3 is 2.58 bits per heavy atom. The van der Waals surface area contributed by atoms with Gasteiger partial charge in [0.15, 0.2) is 17.2 Å². The Hall–Kier alpha value is -3.65. The van der Waals surface area contributed by atoms with Crippen LogP contribution in [0.5, 0.6) is 11.5 Å². The van der Waals surface area contributed by atoms with E-state index in [9.17, 15) is 9.59 Å². The van der Waals surface area contributed by atoms with Crippen molar-refractivity contribution in [1.82, 2.24) is 0 Å². The van der Waals surface area contributed by atoms with E-state index in [1.165, 1.54) is 11.3 Å². The molecule has 9 heteroatoms. The van der Waals surface area contributed by atoms with Crippen LogP contribution in [0.1, 0.15) is 27.7 Å². The highest BCUT2D eigenvalue weighted by Gasteiger charge is 2.25. The Balaban J connectivity index is 1.41. The van der Waals surface area contributed by atoms with Crippen LogP contribution in [0.15, 0.2) is 77.4 Å². The summed E-state index contributed by atoms with van der Waals surface area (Å²) in [4.78, 5) is 29.9. The number of benzene rings is 3. The summed E-state index contributed by atoms with van der Waals surface area (Å²) in [6.45, 7) is 2.16. The maximum atomic E-state index is 12.9. The van der Waals surface area contributed by atoms with Gasteiger partial charge in [-0.15, -0.1) is 11.3 Å². The lowest BCUT2D eigenvalue weighted by atomic mass is 10.1. The quantitative estimate of drug-likeness (QED) is 0.148. The van der Waals surface area contributed by atoms with Crippen molar-refractivity contribution >= 4 is 68.5 Å². The molecule has 0 saturated heterocycles. The SMILES string of the molecule is CCOc1cc(/C=C2/N=C(c3ccc(Cl)cc3)OC2=O)ccc1OC(=O)c1sc2ccccc2c1Cl. The molecular weight excluding hydrogens is 521 g/mol. The standard InChI is InChI=1S/C27H17Cl2NO5S/c1-2-33-21-14-15(13-19-26(31)35-25(30-19)16-8-10-17(28)11-9-16)7-12-20(21)34-27(32)24-23(29)18-5-3-4-6-22(18)36-24/h3-14H,2H2,1H3/b19-13+. The van der Waals surface area contributed by atoms with Gasteiger partial charge in [-0.05, 0) is 61.0 Å². The topological polar surface area (TPSA) is 74.2 Å². The molecule has 0 unspecified atom stereocenters. The molecule has 4 aromatic rings. The zero-order chi connectivity index (χ0) is 25.2. The van der Waals surface area contributed by atoms with Gasteiger partial charge in [-0.1, -0.05) is 47.5 Å². The van der Waals surface area contributed by atoms with Crippen molar-refractivity contribution in [1.29, 1.82) is 0 Å². The van der Waals surface area contributed by atoms with Crippen LogP contribution in [0.3, 0.4) is 0 Å². The van der Waals surface area contributed by atoms with E-state index in [4.69, 9.17) is 37.4 Å². The average Bonchev–Trinajstić information content (AvgIpc) is 3.41. The first-order valence-electron chi connectivity index (χ1n) is 10.9. The molecule has 0 atom stereocenters. The van der Waals surface area contributed by atoms with Gasteiger partial charge in [0, 0.05) is 20.7 Å². The second-order valence-electron chi connectivity index (χ2n) is 7.61. The summed E-state index contributed by atoms with van der Waals surface area (Å²) < 4.78 is 17.5. The molecule has 180 valence electrons. The number of hydrogen-bond donors (Lipinski definition) is 0. The first-order chi connectivity index (χ1) is 17.4. The molecular formula is C27H17Cl2NO5S. The molecule has 0 spiro atoms. The van der Waals surface area contributed by atoms with Crippen molar-refractivity contribution < 1.29 is 23.8 Å². The third-order valence-electron chi connectivity index (χ3n) is 5.21. The summed E-state index contributed by atoms with van der Waals surface area (Å²) in [6, 6.07) is 19.3. The number of ether oxygens (including phenoxy) is 3. The fraction of sp³-hybridized carbons (Fsp3) is 0.0741. The molecule has 0 amide bonds. The van der Waals surface area contributed by atoms with E-state index in [-0.39, 0.29) is 17.3 Å². The number of aliphatic imine (C=N–C) groups is 1. The highest BCUT2D eigenvalue weighted by Crippen LogP contribution is 2.37. The predicted octanol–water partition coefficient (Wildman–Crippen LogP) is 7.17. The van der Waals surface area contributed by atoms with Crippen molar-refractivity contribution in [2.45, 2.75) is 6.92 Å². The molecule has 0 fully saturated rings. The molecule has 1 aromatic heterocycles. The Labute approximate surface area is 220 Å². The third kappa shape index (κ3) is 4.86. The summed E-state index contributed by atoms with van der Waals surface area (Å²) in [5.41, 5.74) is 1.38. The minimum Gasteiger partial charge on any atom is -0.490 e. The molecule has 36 heavy (non-hydrogen) atoms. The van der Waals surface area contributed by atoms with Crippen LogP contribution in [0.2, 0.25) is 10.0 Å². The minimum atomic E-state index is -0.579. The predicted molar refractivity (Wildman–Crippen MR) is 141 cm³/mol. The van der Waals surface area contributed by atoms with Crippen LogP contribution < -0.4 is 9.47 Å². The van der Waals surface area contributed by atoms with Crippen molar-refractivity contribution in [2.24, 2.45) is 4.99 Å². The van der Waals surface area contributed by atoms with E-state index in [0.29, 0.717) is 38.4 Å².